The van der Waals surface area contributed by atoms with Crippen molar-refractivity contribution in [3.8, 4) is 0 Å². The van der Waals surface area contributed by atoms with Crippen molar-refractivity contribution in [2.45, 2.75) is 6.18 Å². The van der Waals surface area contributed by atoms with Crippen molar-refractivity contribution >= 4 is 0 Å². The van der Waals surface area contributed by atoms with E-state index >= 15 is 0 Å². The van der Waals surface area contributed by atoms with Crippen molar-refractivity contribution in [1.82, 2.24) is 0 Å². The van der Waals surface area contributed by atoms with Crippen LogP contribution in [0.3, 0.4) is 0 Å². The molecule has 0 amide bonds. The Morgan fingerprint density at radius 2 is 2.00 bits per heavy atom. The second kappa shape index (κ2) is 4.12. The van der Waals surface area contributed by atoms with Crippen molar-refractivity contribution in [3.05, 3.63) is 11.4 Å². The summed E-state index contributed by atoms with van der Waals surface area (Å²) < 4.78 is 37.9. The largest absolute Gasteiger partial charge is 0.411 e. The number of hydrogen-bond donors (Lipinski definition) is 0. The lowest BCUT2D eigenvalue weighted by Gasteiger charge is -2.03. The average molecular weight is 153 g/mol. The van der Waals surface area contributed by atoms with Gasteiger partial charge in [0, 0.05) is 0 Å². The summed E-state index contributed by atoms with van der Waals surface area (Å²) in [5.74, 6) is 0. The summed E-state index contributed by atoms with van der Waals surface area (Å²) >= 11 is 0. The predicted octanol–water partition coefficient (Wildman–Crippen LogP) is 1.48. The first kappa shape index (κ1) is 9.24. The van der Waals surface area contributed by atoms with Crippen LogP contribution in [0.15, 0.2) is 0 Å². The summed E-state index contributed by atoms with van der Waals surface area (Å²) in [6.07, 6.45) is -4.28. The van der Waals surface area contributed by atoms with Gasteiger partial charge in [-0.05, 0) is 0 Å². The fourth-order valence-electron chi connectivity index (χ4n) is 0.298. The topological polar surface area (TPSA) is 13.6 Å². The van der Waals surface area contributed by atoms with E-state index < -0.39 is 12.8 Å². The van der Waals surface area contributed by atoms with Gasteiger partial charge in [0.1, 0.15) is 13.2 Å². The smallest absolute Gasteiger partial charge is 0.364 e. The highest BCUT2D eigenvalue weighted by Crippen LogP contribution is 2.13. The van der Waals surface area contributed by atoms with Crippen LogP contribution >= 0.6 is 0 Å². The molecule has 0 spiro atoms. The Morgan fingerprint density at radius 1 is 1.40 bits per heavy atom. The summed E-state index contributed by atoms with van der Waals surface area (Å²) in [4.78, 5) is 2.81. The van der Waals surface area contributed by atoms with E-state index in [0.29, 0.717) is 0 Å². The molecule has 0 fully saturated rings. The maximum absolute atomic E-state index is 11.3. The molecule has 0 bridgehead atoms. The monoisotopic (exact) mass is 153 g/mol. The van der Waals surface area contributed by atoms with Crippen LogP contribution in [0.5, 0.6) is 0 Å². The highest BCUT2D eigenvalue weighted by atomic mass is 19.4. The fraction of sp³-hybridized carbons (Fsp3) is 0.800. The number of halogens is 3. The van der Waals surface area contributed by atoms with Crippen LogP contribution in [0.25, 0.3) is 4.85 Å². The lowest BCUT2D eigenvalue weighted by atomic mass is 10.7. The number of ether oxygens (including phenoxy) is 1. The van der Waals surface area contributed by atoms with E-state index in [1.165, 1.54) is 0 Å². The quantitative estimate of drug-likeness (QED) is 0.442. The van der Waals surface area contributed by atoms with E-state index in [0.717, 1.165) is 0 Å². The van der Waals surface area contributed by atoms with Crippen LogP contribution < -0.4 is 0 Å². The molecular formula is C5H6F3NO. The van der Waals surface area contributed by atoms with Crippen LogP contribution in [0.1, 0.15) is 0 Å². The Balaban J connectivity index is 3.14. The Hall–Kier alpha value is -0.760. The summed E-state index contributed by atoms with van der Waals surface area (Å²) in [6.45, 7) is 4.77. The molecule has 0 aromatic rings. The van der Waals surface area contributed by atoms with Crippen LogP contribution in [-0.4, -0.2) is 25.9 Å². The van der Waals surface area contributed by atoms with E-state index in [9.17, 15) is 13.2 Å². The zero-order valence-electron chi connectivity index (χ0n) is 5.11. The Kier molecular flexibility index (Phi) is 3.81. The molecule has 0 aromatic heterocycles. The first-order valence-electron chi connectivity index (χ1n) is 2.54. The van der Waals surface area contributed by atoms with E-state index in [-0.39, 0.29) is 13.2 Å². The molecule has 0 saturated carbocycles. The second-order valence-corrected chi connectivity index (χ2v) is 1.55. The van der Waals surface area contributed by atoms with Gasteiger partial charge in [0.05, 0.1) is 0 Å². The molecule has 0 aliphatic rings. The van der Waals surface area contributed by atoms with Crippen LogP contribution in [0, 0.1) is 6.57 Å². The molecule has 0 N–H and O–H groups in total. The van der Waals surface area contributed by atoms with Crippen molar-refractivity contribution in [1.29, 1.82) is 0 Å². The third-order valence-electron chi connectivity index (χ3n) is 0.613. The third kappa shape index (κ3) is 7.24. The highest BCUT2D eigenvalue weighted by molar-refractivity contribution is 4.56. The second-order valence-electron chi connectivity index (χ2n) is 1.55. The zero-order valence-corrected chi connectivity index (χ0v) is 5.11. The Morgan fingerprint density at radius 3 is 2.40 bits per heavy atom. The van der Waals surface area contributed by atoms with E-state index in [1.54, 1.807) is 0 Å². The van der Waals surface area contributed by atoms with Crippen LogP contribution in [0.4, 0.5) is 13.2 Å². The van der Waals surface area contributed by atoms with Gasteiger partial charge in [-0.3, -0.25) is 0 Å². The van der Waals surface area contributed by atoms with Gasteiger partial charge in [-0.25, -0.2) is 6.57 Å². The minimum absolute atomic E-state index is 0.0178. The molecule has 0 rings (SSSR count). The van der Waals surface area contributed by atoms with E-state index in [4.69, 9.17) is 6.57 Å². The minimum atomic E-state index is -4.28. The molecule has 0 radical (unpaired) electrons. The molecule has 0 aliphatic carbocycles. The van der Waals surface area contributed by atoms with E-state index in [1.807, 2.05) is 0 Å². The predicted molar refractivity (Wildman–Crippen MR) is 28.3 cm³/mol. The van der Waals surface area contributed by atoms with Gasteiger partial charge in [0.2, 0.25) is 6.54 Å². The lowest BCUT2D eigenvalue weighted by Crippen LogP contribution is -2.17. The maximum Gasteiger partial charge on any atom is 0.411 e. The van der Waals surface area contributed by atoms with Gasteiger partial charge in [0.25, 0.3) is 0 Å². The van der Waals surface area contributed by atoms with Crippen LogP contribution in [0.2, 0.25) is 0 Å². The third-order valence-corrected chi connectivity index (χ3v) is 0.613. The average Bonchev–Trinajstić information content (AvgIpc) is 1.78. The lowest BCUT2D eigenvalue weighted by molar-refractivity contribution is -0.172. The van der Waals surface area contributed by atoms with Gasteiger partial charge >= 0.3 is 6.18 Å². The molecule has 0 aliphatic heterocycles. The van der Waals surface area contributed by atoms with Crippen LogP contribution in [-0.2, 0) is 4.74 Å². The molecule has 0 unspecified atom stereocenters. The normalized spacial score (nSPS) is 11.0. The summed E-state index contributed by atoms with van der Waals surface area (Å²) in [7, 11) is 0. The summed E-state index contributed by atoms with van der Waals surface area (Å²) in [6, 6.07) is 0. The first-order valence-corrected chi connectivity index (χ1v) is 2.54. The van der Waals surface area contributed by atoms with Crippen molar-refractivity contribution in [3.63, 3.8) is 0 Å². The summed E-state index contributed by atoms with van der Waals surface area (Å²) in [5.41, 5.74) is 0. The molecule has 2 nitrogen and oxygen atoms in total. The standard InChI is InChI=1S/C5H6F3NO/c1-9-2-3-10-4-5(6,7)8/h2-4H2. The molecule has 0 saturated heterocycles. The van der Waals surface area contributed by atoms with Gasteiger partial charge in [0.15, 0.2) is 0 Å². The van der Waals surface area contributed by atoms with Gasteiger partial charge in [-0.15, -0.1) is 0 Å². The summed E-state index contributed by atoms with van der Waals surface area (Å²) in [5, 5.41) is 0. The van der Waals surface area contributed by atoms with E-state index in [2.05, 4.69) is 9.58 Å². The molecule has 10 heavy (non-hydrogen) atoms. The fourth-order valence-corrected chi connectivity index (χ4v) is 0.298. The Bertz CT molecular complexity index is 126. The van der Waals surface area contributed by atoms with Gasteiger partial charge in [-0.2, -0.15) is 13.2 Å². The highest BCUT2D eigenvalue weighted by Gasteiger charge is 2.27. The molecule has 0 heterocycles. The van der Waals surface area contributed by atoms with Crippen molar-refractivity contribution < 1.29 is 17.9 Å². The Labute approximate surface area is 56.4 Å². The number of alkyl halides is 3. The minimum Gasteiger partial charge on any atom is -0.364 e. The molecule has 0 atom stereocenters. The molecular weight excluding hydrogens is 147 g/mol. The zero-order chi connectivity index (χ0) is 8.04. The molecule has 58 valence electrons. The SMILES string of the molecule is [C-]#[N+]CCOCC(F)(F)F. The van der Waals surface area contributed by atoms with Crippen molar-refractivity contribution in [2.24, 2.45) is 0 Å². The number of hydrogen-bond acceptors (Lipinski definition) is 1. The molecule has 0 aromatic carbocycles. The number of rotatable bonds is 3. The molecule has 5 heteroatoms. The van der Waals surface area contributed by atoms with Crippen molar-refractivity contribution in [2.75, 3.05) is 19.8 Å². The first-order chi connectivity index (χ1) is 4.56. The maximum atomic E-state index is 11.3. The van der Waals surface area contributed by atoms with Gasteiger partial charge < -0.3 is 9.58 Å². The van der Waals surface area contributed by atoms with Gasteiger partial charge in [-0.1, -0.05) is 0 Å². The number of nitrogens with zero attached hydrogens (tertiary/aromatic N) is 1.